The molecule has 0 aliphatic rings. The molecule has 0 fully saturated rings. The van der Waals surface area contributed by atoms with Gasteiger partial charge < -0.3 is 15.0 Å². The minimum Gasteiger partial charge on any atom is -0.457 e. The lowest BCUT2D eigenvalue weighted by Crippen LogP contribution is -2.25. The van der Waals surface area contributed by atoms with Crippen LogP contribution in [-0.2, 0) is 16.1 Å². The van der Waals surface area contributed by atoms with Crippen LogP contribution in [0.5, 0.6) is 0 Å². The highest BCUT2D eigenvalue weighted by Gasteiger charge is 2.19. The summed E-state index contributed by atoms with van der Waals surface area (Å²) in [5.41, 5.74) is 7.38. The summed E-state index contributed by atoms with van der Waals surface area (Å²) in [6.45, 7) is 9.72. The largest absolute Gasteiger partial charge is 0.457 e. The molecule has 1 heterocycles. The van der Waals surface area contributed by atoms with Gasteiger partial charge in [0.05, 0.1) is 12.1 Å². The van der Waals surface area contributed by atoms with Crippen molar-refractivity contribution in [2.24, 2.45) is 0 Å². The van der Waals surface area contributed by atoms with Crippen molar-refractivity contribution in [3.8, 4) is 0 Å². The molecule has 4 heteroatoms. The van der Waals surface area contributed by atoms with Crippen LogP contribution in [0.2, 0.25) is 0 Å². The van der Waals surface area contributed by atoms with E-state index in [9.17, 15) is 4.79 Å². The topological polar surface area (TPSA) is 57.2 Å². The Morgan fingerprint density at radius 3 is 2.70 bits per heavy atom. The Morgan fingerprint density at radius 1 is 1.35 bits per heavy atom. The van der Waals surface area contributed by atoms with Gasteiger partial charge in [0, 0.05) is 17.5 Å². The summed E-state index contributed by atoms with van der Waals surface area (Å²) >= 11 is 0. The van der Waals surface area contributed by atoms with E-state index in [1.807, 2.05) is 55.8 Å². The van der Waals surface area contributed by atoms with Crippen molar-refractivity contribution in [3.63, 3.8) is 0 Å². The van der Waals surface area contributed by atoms with Gasteiger partial charge in [-0.15, -0.1) is 0 Å². The van der Waals surface area contributed by atoms with Crippen LogP contribution in [0, 0.1) is 0 Å². The Hall–Kier alpha value is -2.23. The molecule has 1 aromatic carbocycles. The van der Waals surface area contributed by atoms with E-state index in [0.29, 0.717) is 17.8 Å². The molecule has 0 saturated carbocycles. The smallest absolute Gasteiger partial charge is 0.335 e. The van der Waals surface area contributed by atoms with E-state index < -0.39 is 5.60 Å². The van der Waals surface area contributed by atoms with E-state index in [-0.39, 0.29) is 5.97 Å². The molecule has 0 bridgehead atoms. The third kappa shape index (κ3) is 3.20. The molecule has 2 aromatic rings. The third-order valence-electron chi connectivity index (χ3n) is 2.85. The van der Waals surface area contributed by atoms with Gasteiger partial charge in [0.2, 0.25) is 0 Å². The number of hydrogen-bond donors (Lipinski definition) is 1. The molecule has 0 atom stereocenters. The summed E-state index contributed by atoms with van der Waals surface area (Å²) in [5.74, 6) is -0.372. The number of fused-ring (bicyclic) bond motifs is 1. The predicted octanol–water partition coefficient (Wildman–Crippen LogP) is 3.12. The minimum absolute atomic E-state index is 0.372. The molecule has 0 aliphatic carbocycles. The maximum atomic E-state index is 11.9. The van der Waals surface area contributed by atoms with Gasteiger partial charge in [0.1, 0.15) is 5.60 Å². The summed E-state index contributed by atoms with van der Waals surface area (Å²) in [7, 11) is 0. The fraction of sp³-hybridized carbons (Fsp3) is 0.312. The van der Waals surface area contributed by atoms with Crippen molar-refractivity contribution in [1.29, 1.82) is 0 Å². The van der Waals surface area contributed by atoms with Crippen LogP contribution in [0.25, 0.3) is 10.9 Å². The van der Waals surface area contributed by atoms with Gasteiger partial charge >= 0.3 is 5.97 Å². The van der Waals surface area contributed by atoms with Crippen LogP contribution < -0.4 is 5.73 Å². The Balaban J connectivity index is 2.18. The number of carbonyl (C=O) groups excluding carboxylic acids is 1. The second-order valence-corrected chi connectivity index (χ2v) is 5.87. The zero-order valence-corrected chi connectivity index (χ0v) is 12.1. The summed E-state index contributed by atoms with van der Waals surface area (Å²) in [6, 6.07) is 7.68. The van der Waals surface area contributed by atoms with E-state index in [4.69, 9.17) is 10.5 Å². The van der Waals surface area contributed by atoms with Gasteiger partial charge in [0.15, 0.2) is 0 Å². The number of nitrogens with zero attached hydrogens (tertiary/aromatic N) is 1. The molecule has 4 nitrogen and oxygen atoms in total. The van der Waals surface area contributed by atoms with Crippen LogP contribution in [0.3, 0.4) is 0 Å². The molecular formula is C16H20N2O2. The number of benzene rings is 1. The highest BCUT2D eigenvalue weighted by Crippen LogP contribution is 2.20. The van der Waals surface area contributed by atoms with Crippen molar-refractivity contribution in [2.45, 2.75) is 32.9 Å². The van der Waals surface area contributed by atoms with Crippen LogP contribution in [0.15, 0.2) is 42.6 Å². The average molecular weight is 272 g/mol. The lowest BCUT2D eigenvalue weighted by atomic mass is 10.2. The maximum absolute atomic E-state index is 11.9. The lowest BCUT2D eigenvalue weighted by Gasteiger charge is -2.20. The molecule has 0 unspecified atom stereocenters. The number of esters is 1. The summed E-state index contributed by atoms with van der Waals surface area (Å²) in [4.78, 5) is 11.9. The van der Waals surface area contributed by atoms with Gasteiger partial charge in [-0.2, -0.15) is 0 Å². The highest BCUT2D eigenvalue weighted by atomic mass is 16.6. The second-order valence-electron chi connectivity index (χ2n) is 5.87. The van der Waals surface area contributed by atoms with Gasteiger partial charge in [-0.3, -0.25) is 0 Å². The fourth-order valence-electron chi connectivity index (χ4n) is 1.96. The Kier molecular flexibility index (Phi) is 3.57. The molecule has 0 aliphatic heterocycles. The van der Waals surface area contributed by atoms with Crippen molar-refractivity contribution in [3.05, 3.63) is 42.6 Å². The predicted molar refractivity (Wildman–Crippen MR) is 81.3 cm³/mol. The van der Waals surface area contributed by atoms with Crippen LogP contribution in [0.4, 0.5) is 5.69 Å². The van der Waals surface area contributed by atoms with E-state index >= 15 is 0 Å². The molecule has 1 aromatic heterocycles. The first-order chi connectivity index (χ1) is 9.26. The number of nitrogens with two attached hydrogens (primary N) is 1. The van der Waals surface area contributed by atoms with Crippen LogP contribution >= 0.6 is 0 Å². The highest BCUT2D eigenvalue weighted by molar-refractivity contribution is 5.89. The first-order valence-electron chi connectivity index (χ1n) is 6.52. The number of nitrogen functional groups attached to an aromatic ring is 1. The van der Waals surface area contributed by atoms with Gasteiger partial charge in [-0.05, 0) is 44.4 Å². The second kappa shape index (κ2) is 5.04. The summed E-state index contributed by atoms with van der Waals surface area (Å²) in [6.07, 6.45) is 1.92. The van der Waals surface area contributed by atoms with Gasteiger partial charge in [-0.25, -0.2) is 4.79 Å². The molecule has 20 heavy (non-hydrogen) atoms. The van der Waals surface area contributed by atoms with Gasteiger partial charge in [0.25, 0.3) is 0 Å². The van der Waals surface area contributed by atoms with E-state index in [1.54, 1.807) is 0 Å². The monoisotopic (exact) mass is 272 g/mol. The Bertz CT molecular complexity index is 663. The van der Waals surface area contributed by atoms with Crippen molar-refractivity contribution < 1.29 is 9.53 Å². The third-order valence-corrected chi connectivity index (χ3v) is 2.85. The normalized spacial score (nSPS) is 11.6. The number of carbonyl (C=O) groups is 1. The standard InChI is InChI=1S/C16H20N2O2/c1-11(15(19)20-16(2,3)4)10-18-8-7-12-5-6-13(17)9-14(12)18/h5-9H,1,10,17H2,2-4H3. The summed E-state index contributed by atoms with van der Waals surface area (Å²) in [5, 5.41) is 1.08. The number of rotatable bonds is 3. The quantitative estimate of drug-likeness (QED) is 0.530. The van der Waals surface area contributed by atoms with Crippen molar-refractivity contribution in [1.82, 2.24) is 4.57 Å². The zero-order chi connectivity index (χ0) is 14.9. The molecule has 0 spiro atoms. The minimum atomic E-state index is -0.511. The summed E-state index contributed by atoms with van der Waals surface area (Å²) < 4.78 is 7.25. The van der Waals surface area contributed by atoms with Gasteiger partial charge in [-0.1, -0.05) is 12.6 Å². The molecule has 106 valence electrons. The van der Waals surface area contributed by atoms with Crippen molar-refractivity contribution >= 4 is 22.6 Å². The van der Waals surface area contributed by atoms with E-state index in [2.05, 4.69) is 6.58 Å². The Morgan fingerprint density at radius 2 is 2.05 bits per heavy atom. The first-order valence-corrected chi connectivity index (χ1v) is 6.52. The molecular weight excluding hydrogens is 252 g/mol. The average Bonchev–Trinajstić information content (AvgIpc) is 2.69. The lowest BCUT2D eigenvalue weighted by molar-refractivity contribution is -0.150. The fourth-order valence-corrected chi connectivity index (χ4v) is 1.96. The van der Waals surface area contributed by atoms with Crippen molar-refractivity contribution in [2.75, 3.05) is 5.73 Å². The molecule has 0 amide bonds. The first kappa shape index (κ1) is 14.2. The number of aromatic nitrogens is 1. The molecule has 2 rings (SSSR count). The van der Waals surface area contributed by atoms with Crippen LogP contribution in [-0.4, -0.2) is 16.1 Å². The number of hydrogen-bond acceptors (Lipinski definition) is 3. The molecule has 2 N–H and O–H groups in total. The van der Waals surface area contributed by atoms with E-state index in [0.717, 1.165) is 10.9 Å². The van der Waals surface area contributed by atoms with Crippen LogP contribution in [0.1, 0.15) is 20.8 Å². The zero-order valence-electron chi connectivity index (χ0n) is 12.1. The maximum Gasteiger partial charge on any atom is 0.335 e. The number of anilines is 1. The molecule has 0 saturated heterocycles. The number of ether oxygens (including phenoxy) is 1. The van der Waals surface area contributed by atoms with E-state index in [1.165, 1.54) is 0 Å². The SMILES string of the molecule is C=C(Cn1ccc2ccc(N)cc21)C(=O)OC(C)(C)C. The molecule has 0 radical (unpaired) electrons. The Labute approximate surface area is 118 Å².